The van der Waals surface area contributed by atoms with Crippen LogP contribution in [0.2, 0.25) is 0 Å². The van der Waals surface area contributed by atoms with Gasteiger partial charge in [-0.1, -0.05) is 0 Å². The minimum Gasteiger partial charge on any atom is -0.478 e. The van der Waals surface area contributed by atoms with Crippen LogP contribution in [0.1, 0.15) is 23.7 Å². The highest BCUT2D eigenvalue weighted by molar-refractivity contribution is 5.91. The molecule has 2 rings (SSSR count). The molecular formula is C14H20FN3O2. The summed E-state index contributed by atoms with van der Waals surface area (Å²) in [5, 5.41) is 8.91. The van der Waals surface area contributed by atoms with Crippen molar-refractivity contribution < 1.29 is 14.3 Å². The number of nitrogens with two attached hydrogens (primary N) is 1. The number of hydrogen-bond donors (Lipinski definition) is 2. The predicted octanol–water partition coefficient (Wildman–Crippen LogP) is 1.64. The van der Waals surface area contributed by atoms with Crippen molar-refractivity contribution in [1.82, 2.24) is 4.90 Å². The maximum Gasteiger partial charge on any atom is 0.338 e. The van der Waals surface area contributed by atoms with E-state index in [9.17, 15) is 9.18 Å². The molecule has 0 bridgehead atoms. The summed E-state index contributed by atoms with van der Waals surface area (Å²) in [6, 6.07) is 2.63. The van der Waals surface area contributed by atoms with Crippen LogP contribution < -0.4 is 10.6 Å². The van der Waals surface area contributed by atoms with Gasteiger partial charge in [-0.25, -0.2) is 9.18 Å². The van der Waals surface area contributed by atoms with Gasteiger partial charge < -0.3 is 20.6 Å². The summed E-state index contributed by atoms with van der Waals surface area (Å²) in [5.41, 5.74) is 6.42. The largest absolute Gasteiger partial charge is 0.478 e. The average Bonchev–Trinajstić information content (AvgIpc) is 2.52. The fourth-order valence-electron chi connectivity index (χ4n) is 2.72. The van der Waals surface area contributed by atoms with Crippen molar-refractivity contribution in [1.29, 1.82) is 0 Å². The first-order valence-electron chi connectivity index (χ1n) is 6.67. The van der Waals surface area contributed by atoms with Crippen molar-refractivity contribution in [2.24, 2.45) is 0 Å². The number of halogens is 1. The number of nitrogens with zero attached hydrogens (tertiary/aromatic N) is 2. The molecule has 5 nitrogen and oxygen atoms in total. The van der Waals surface area contributed by atoms with Gasteiger partial charge in [-0.3, -0.25) is 0 Å². The minimum absolute atomic E-state index is 0.194. The van der Waals surface area contributed by atoms with Gasteiger partial charge in [0.15, 0.2) is 0 Å². The van der Waals surface area contributed by atoms with E-state index in [2.05, 4.69) is 18.9 Å². The summed E-state index contributed by atoms with van der Waals surface area (Å²) in [7, 11) is 2.05. The number of anilines is 2. The molecule has 3 N–H and O–H groups in total. The van der Waals surface area contributed by atoms with Crippen molar-refractivity contribution in [3.05, 3.63) is 23.5 Å². The standard InChI is InChI=1S/C14H20FN3O2/c1-9-8-17(2)4-3-5-18(9)13-7-11(15)10(14(19)20)6-12(13)16/h6-7,9H,3-5,8,16H2,1-2H3,(H,19,20). The SMILES string of the molecule is CC1CN(C)CCCN1c1cc(F)c(C(=O)O)cc1N. The van der Waals surface area contributed by atoms with Gasteiger partial charge in [0.1, 0.15) is 5.82 Å². The van der Waals surface area contributed by atoms with E-state index in [0.717, 1.165) is 26.1 Å². The first-order valence-corrected chi connectivity index (χ1v) is 6.67. The smallest absolute Gasteiger partial charge is 0.338 e. The number of aromatic carboxylic acids is 1. The molecule has 1 unspecified atom stereocenters. The highest BCUT2D eigenvalue weighted by Gasteiger charge is 2.23. The second kappa shape index (κ2) is 5.66. The molecule has 0 radical (unpaired) electrons. The molecule has 1 aliphatic heterocycles. The van der Waals surface area contributed by atoms with Crippen LogP contribution in [-0.4, -0.2) is 48.7 Å². The van der Waals surface area contributed by atoms with E-state index in [1.165, 1.54) is 12.1 Å². The Kier molecular flexibility index (Phi) is 4.13. The van der Waals surface area contributed by atoms with Crippen molar-refractivity contribution in [3.63, 3.8) is 0 Å². The zero-order valence-corrected chi connectivity index (χ0v) is 11.8. The van der Waals surface area contributed by atoms with Crippen LogP contribution in [0.3, 0.4) is 0 Å². The predicted molar refractivity (Wildman–Crippen MR) is 76.7 cm³/mol. The van der Waals surface area contributed by atoms with E-state index in [4.69, 9.17) is 10.8 Å². The second-order valence-electron chi connectivity index (χ2n) is 5.35. The van der Waals surface area contributed by atoms with Crippen LogP contribution in [0, 0.1) is 5.82 Å². The lowest BCUT2D eigenvalue weighted by Gasteiger charge is -2.31. The first-order chi connectivity index (χ1) is 9.40. The molecule has 20 heavy (non-hydrogen) atoms. The van der Waals surface area contributed by atoms with Gasteiger partial charge in [-0.15, -0.1) is 0 Å². The van der Waals surface area contributed by atoms with Crippen molar-refractivity contribution in [3.8, 4) is 0 Å². The molecular weight excluding hydrogens is 261 g/mol. The van der Waals surface area contributed by atoms with Gasteiger partial charge in [0, 0.05) is 25.2 Å². The average molecular weight is 281 g/mol. The Balaban J connectivity index is 2.37. The molecule has 1 aromatic carbocycles. The minimum atomic E-state index is -1.30. The number of carboxylic acid groups (broad SMARTS) is 1. The number of nitrogen functional groups attached to an aromatic ring is 1. The second-order valence-corrected chi connectivity index (χ2v) is 5.35. The number of hydrogen-bond acceptors (Lipinski definition) is 4. The highest BCUT2D eigenvalue weighted by atomic mass is 19.1. The van der Waals surface area contributed by atoms with E-state index in [1.807, 2.05) is 4.90 Å². The van der Waals surface area contributed by atoms with E-state index >= 15 is 0 Å². The Hall–Kier alpha value is -1.82. The molecule has 0 spiro atoms. The molecule has 0 aromatic heterocycles. The lowest BCUT2D eigenvalue weighted by molar-refractivity contribution is 0.0692. The number of likely N-dealkylation sites (N-methyl/N-ethyl adjacent to an activating group) is 1. The van der Waals surface area contributed by atoms with Gasteiger partial charge in [0.2, 0.25) is 0 Å². The third kappa shape index (κ3) is 2.85. The molecule has 6 heteroatoms. The Labute approximate surface area is 117 Å². The molecule has 1 heterocycles. The van der Waals surface area contributed by atoms with Gasteiger partial charge in [-0.2, -0.15) is 0 Å². The van der Waals surface area contributed by atoms with Crippen LogP contribution in [0.4, 0.5) is 15.8 Å². The van der Waals surface area contributed by atoms with Crippen LogP contribution in [0.25, 0.3) is 0 Å². The summed E-state index contributed by atoms with van der Waals surface area (Å²) in [4.78, 5) is 15.2. The normalized spacial score (nSPS) is 20.8. The van der Waals surface area contributed by atoms with E-state index in [-0.39, 0.29) is 11.6 Å². The molecule has 1 atom stereocenters. The van der Waals surface area contributed by atoms with Crippen LogP contribution in [-0.2, 0) is 0 Å². The third-order valence-corrected chi connectivity index (χ3v) is 3.70. The molecule has 1 aromatic rings. The number of benzene rings is 1. The fraction of sp³-hybridized carbons (Fsp3) is 0.500. The van der Waals surface area contributed by atoms with Crippen molar-refractivity contribution in [2.45, 2.75) is 19.4 Å². The molecule has 0 saturated carbocycles. The first kappa shape index (κ1) is 14.6. The van der Waals surface area contributed by atoms with Gasteiger partial charge in [0.05, 0.1) is 16.9 Å². The van der Waals surface area contributed by atoms with Gasteiger partial charge in [0.25, 0.3) is 0 Å². The Bertz CT molecular complexity index is 521. The van der Waals surface area contributed by atoms with E-state index in [0.29, 0.717) is 11.4 Å². The lowest BCUT2D eigenvalue weighted by atomic mass is 10.1. The Morgan fingerprint density at radius 1 is 1.45 bits per heavy atom. The number of carbonyl (C=O) groups is 1. The van der Waals surface area contributed by atoms with E-state index in [1.54, 1.807) is 0 Å². The summed E-state index contributed by atoms with van der Waals surface area (Å²) >= 11 is 0. The number of rotatable bonds is 2. The highest BCUT2D eigenvalue weighted by Crippen LogP contribution is 2.29. The van der Waals surface area contributed by atoms with Gasteiger partial charge in [-0.05, 0) is 33.0 Å². The third-order valence-electron chi connectivity index (χ3n) is 3.70. The van der Waals surface area contributed by atoms with Gasteiger partial charge >= 0.3 is 5.97 Å². The topological polar surface area (TPSA) is 69.8 Å². The zero-order chi connectivity index (χ0) is 14.9. The monoisotopic (exact) mass is 281 g/mol. The summed E-state index contributed by atoms with van der Waals surface area (Å²) in [6.45, 7) is 4.68. The quantitative estimate of drug-likeness (QED) is 0.806. The molecule has 0 aliphatic carbocycles. The molecule has 110 valence electrons. The maximum atomic E-state index is 13.9. The number of carboxylic acids is 1. The van der Waals surface area contributed by atoms with Crippen LogP contribution >= 0.6 is 0 Å². The Morgan fingerprint density at radius 2 is 2.15 bits per heavy atom. The molecule has 1 saturated heterocycles. The Morgan fingerprint density at radius 3 is 2.80 bits per heavy atom. The van der Waals surface area contributed by atoms with Crippen molar-refractivity contribution in [2.75, 3.05) is 37.3 Å². The molecule has 1 aliphatic rings. The molecule has 1 fully saturated rings. The maximum absolute atomic E-state index is 13.9. The molecule has 0 amide bonds. The lowest BCUT2D eigenvalue weighted by Crippen LogP contribution is -2.38. The zero-order valence-electron chi connectivity index (χ0n) is 11.8. The van der Waals surface area contributed by atoms with Crippen LogP contribution in [0.15, 0.2) is 12.1 Å². The van der Waals surface area contributed by atoms with Crippen LogP contribution in [0.5, 0.6) is 0 Å². The van der Waals surface area contributed by atoms with E-state index < -0.39 is 11.8 Å². The summed E-state index contributed by atoms with van der Waals surface area (Å²) in [6.07, 6.45) is 0.961. The summed E-state index contributed by atoms with van der Waals surface area (Å²) < 4.78 is 13.9. The summed E-state index contributed by atoms with van der Waals surface area (Å²) in [5.74, 6) is -2.05. The fourth-order valence-corrected chi connectivity index (χ4v) is 2.72. The van der Waals surface area contributed by atoms with Crippen molar-refractivity contribution >= 4 is 17.3 Å².